The van der Waals surface area contributed by atoms with Crippen LogP contribution in [0, 0.1) is 5.92 Å². The number of carbonyl (C=O) groups is 2. The smallest absolute Gasteiger partial charge is 0.251 e. The van der Waals surface area contributed by atoms with Crippen LogP contribution in [0.3, 0.4) is 0 Å². The predicted molar refractivity (Wildman–Crippen MR) is 91.4 cm³/mol. The van der Waals surface area contributed by atoms with E-state index in [1.807, 2.05) is 0 Å². The van der Waals surface area contributed by atoms with Gasteiger partial charge in [-0.25, -0.2) is 0 Å². The van der Waals surface area contributed by atoms with Gasteiger partial charge >= 0.3 is 0 Å². The summed E-state index contributed by atoms with van der Waals surface area (Å²) in [5.41, 5.74) is 0.423. The van der Waals surface area contributed by atoms with E-state index in [0.29, 0.717) is 17.1 Å². The average Bonchev–Trinajstić information content (AvgIpc) is 2.61. The van der Waals surface area contributed by atoms with E-state index in [1.54, 1.807) is 18.2 Å². The lowest BCUT2D eigenvalue weighted by molar-refractivity contribution is -0.121. The van der Waals surface area contributed by atoms with Crippen molar-refractivity contribution in [2.75, 3.05) is 20.8 Å². The summed E-state index contributed by atoms with van der Waals surface area (Å²) in [7, 11) is 3.05. The number of amides is 2. The van der Waals surface area contributed by atoms with Gasteiger partial charge in [-0.1, -0.05) is 6.92 Å². The summed E-state index contributed by atoms with van der Waals surface area (Å²) in [5.74, 6) is 1.30. The molecule has 0 bridgehead atoms. The molecule has 0 aliphatic heterocycles. The zero-order chi connectivity index (χ0) is 17.5. The zero-order valence-corrected chi connectivity index (χ0v) is 14.6. The lowest BCUT2D eigenvalue weighted by Crippen LogP contribution is -2.43. The van der Waals surface area contributed by atoms with E-state index in [9.17, 15) is 9.59 Å². The van der Waals surface area contributed by atoms with Crippen molar-refractivity contribution in [1.29, 1.82) is 0 Å². The molecule has 2 N–H and O–H groups in total. The monoisotopic (exact) mass is 334 g/mol. The quantitative estimate of drug-likeness (QED) is 0.835. The minimum Gasteiger partial charge on any atom is -0.493 e. The Morgan fingerprint density at radius 3 is 2.38 bits per heavy atom. The van der Waals surface area contributed by atoms with Crippen LogP contribution in [0.25, 0.3) is 0 Å². The van der Waals surface area contributed by atoms with Crippen LogP contribution in [-0.4, -0.2) is 38.6 Å². The standard InChI is InChI=1S/C18H26N2O4/c1-12-4-7-14(8-5-12)20-17(21)11-19-18(22)13-6-9-15(23-2)16(10-13)24-3/h6,9-10,12,14H,4-5,7-8,11H2,1-3H3,(H,19,22)(H,20,21). The van der Waals surface area contributed by atoms with Crippen molar-refractivity contribution in [1.82, 2.24) is 10.6 Å². The molecular weight excluding hydrogens is 308 g/mol. The second kappa shape index (κ2) is 8.57. The van der Waals surface area contributed by atoms with E-state index in [4.69, 9.17) is 9.47 Å². The number of hydrogen-bond acceptors (Lipinski definition) is 4. The van der Waals surface area contributed by atoms with Crippen molar-refractivity contribution in [2.24, 2.45) is 5.92 Å². The van der Waals surface area contributed by atoms with Gasteiger partial charge in [-0.05, 0) is 49.8 Å². The Morgan fingerprint density at radius 1 is 1.08 bits per heavy atom. The third kappa shape index (κ3) is 4.88. The van der Waals surface area contributed by atoms with Crippen molar-refractivity contribution >= 4 is 11.8 Å². The van der Waals surface area contributed by atoms with Crippen molar-refractivity contribution in [3.63, 3.8) is 0 Å². The molecule has 0 atom stereocenters. The maximum absolute atomic E-state index is 12.2. The molecule has 1 aromatic rings. The van der Waals surface area contributed by atoms with Crippen molar-refractivity contribution in [3.8, 4) is 11.5 Å². The van der Waals surface area contributed by atoms with Gasteiger partial charge in [0.15, 0.2) is 11.5 Å². The number of hydrogen-bond donors (Lipinski definition) is 2. The van der Waals surface area contributed by atoms with Crippen LogP contribution in [0.4, 0.5) is 0 Å². The number of rotatable bonds is 6. The fourth-order valence-electron chi connectivity index (χ4n) is 2.92. The van der Waals surface area contributed by atoms with Gasteiger partial charge in [0.1, 0.15) is 0 Å². The summed E-state index contributed by atoms with van der Waals surface area (Å²) in [4.78, 5) is 24.1. The van der Waals surface area contributed by atoms with Crippen molar-refractivity contribution in [3.05, 3.63) is 23.8 Å². The Labute approximate surface area is 142 Å². The summed E-state index contributed by atoms with van der Waals surface area (Å²) >= 11 is 0. The molecule has 1 aliphatic carbocycles. The third-order valence-corrected chi connectivity index (χ3v) is 4.44. The molecule has 6 nitrogen and oxygen atoms in total. The molecule has 1 saturated carbocycles. The third-order valence-electron chi connectivity index (χ3n) is 4.44. The molecule has 0 unspecified atom stereocenters. The molecule has 2 amide bonds. The van der Waals surface area contributed by atoms with Gasteiger partial charge in [-0.3, -0.25) is 9.59 Å². The molecule has 1 fully saturated rings. The van der Waals surface area contributed by atoms with Crippen LogP contribution in [-0.2, 0) is 4.79 Å². The molecule has 1 aromatic carbocycles. The minimum atomic E-state index is -0.316. The second-order valence-electron chi connectivity index (χ2n) is 6.28. The van der Waals surface area contributed by atoms with Crippen LogP contribution < -0.4 is 20.1 Å². The Bertz CT molecular complexity index is 580. The van der Waals surface area contributed by atoms with E-state index in [0.717, 1.165) is 31.6 Å². The van der Waals surface area contributed by atoms with Crippen molar-refractivity contribution in [2.45, 2.75) is 38.6 Å². The first kappa shape index (κ1) is 18.1. The largest absolute Gasteiger partial charge is 0.493 e. The highest BCUT2D eigenvalue weighted by molar-refractivity contribution is 5.97. The normalized spacial score (nSPS) is 20.1. The summed E-state index contributed by atoms with van der Waals surface area (Å²) < 4.78 is 10.3. The first-order valence-electron chi connectivity index (χ1n) is 8.33. The van der Waals surface area contributed by atoms with Gasteiger partial charge in [0.25, 0.3) is 5.91 Å². The minimum absolute atomic E-state index is 0.0285. The summed E-state index contributed by atoms with van der Waals surface area (Å²) in [6.07, 6.45) is 4.30. The molecule has 24 heavy (non-hydrogen) atoms. The maximum Gasteiger partial charge on any atom is 0.251 e. The first-order chi connectivity index (χ1) is 11.5. The number of methoxy groups -OCH3 is 2. The fourth-order valence-corrected chi connectivity index (χ4v) is 2.92. The molecule has 0 aromatic heterocycles. The maximum atomic E-state index is 12.2. The van der Waals surface area contributed by atoms with Crippen LogP contribution in [0.2, 0.25) is 0 Å². The second-order valence-corrected chi connectivity index (χ2v) is 6.28. The highest BCUT2D eigenvalue weighted by Gasteiger charge is 2.20. The summed E-state index contributed by atoms with van der Waals surface area (Å²) in [6.45, 7) is 2.21. The molecular formula is C18H26N2O4. The van der Waals surface area contributed by atoms with Crippen LogP contribution in [0.1, 0.15) is 43.0 Å². The molecule has 6 heteroatoms. The van der Waals surface area contributed by atoms with Crippen LogP contribution >= 0.6 is 0 Å². The summed E-state index contributed by atoms with van der Waals surface area (Å²) in [6, 6.07) is 5.12. The highest BCUT2D eigenvalue weighted by Crippen LogP contribution is 2.27. The molecule has 1 aliphatic rings. The zero-order valence-electron chi connectivity index (χ0n) is 14.6. The SMILES string of the molecule is COc1ccc(C(=O)NCC(=O)NC2CCC(C)CC2)cc1OC. The molecule has 0 heterocycles. The topological polar surface area (TPSA) is 76.7 Å². The fraction of sp³-hybridized carbons (Fsp3) is 0.556. The summed E-state index contributed by atoms with van der Waals surface area (Å²) in [5, 5.41) is 5.63. The number of benzene rings is 1. The van der Waals surface area contributed by atoms with E-state index in [1.165, 1.54) is 14.2 Å². The number of carbonyl (C=O) groups excluding carboxylic acids is 2. The first-order valence-corrected chi connectivity index (χ1v) is 8.33. The van der Waals surface area contributed by atoms with E-state index >= 15 is 0 Å². The molecule has 0 spiro atoms. The van der Waals surface area contributed by atoms with Gasteiger partial charge in [-0.15, -0.1) is 0 Å². The molecule has 0 radical (unpaired) electrons. The Kier molecular flexibility index (Phi) is 6.46. The molecule has 132 valence electrons. The highest BCUT2D eigenvalue weighted by atomic mass is 16.5. The van der Waals surface area contributed by atoms with Gasteiger partial charge in [0.05, 0.1) is 20.8 Å². The van der Waals surface area contributed by atoms with E-state index in [-0.39, 0.29) is 24.4 Å². The van der Waals surface area contributed by atoms with Gasteiger partial charge in [0, 0.05) is 11.6 Å². The van der Waals surface area contributed by atoms with Gasteiger partial charge in [0.2, 0.25) is 5.91 Å². The van der Waals surface area contributed by atoms with Crippen LogP contribution in [0.5, 0.6) is 11.5 Å². The van der Waals surface area contributed by atoms with E-state index < -0.39 is 0 Å². The predicted octanol–water partition coefficient (Wildman–Crippen LogP) is 2.13. The van der Waals surface area contributed by atoms with Crippen LogP contribution in [0.15, 0.2) is 18.2 Å². The Hall–Kier alpha value is -2.24. The molecule has 2 rings (SSSR count). The Balaban J connectivity index is 1.83. The van der Waals surface area contributed by atoms with E-state index in [2.05, 4.69) is 17.6 Å². The van der Waals surface area contributed by atoms with Gasteiger partial charge in [-0.2, -0.15) is 0 Å². The molecule has 0 saturated heterocycles. The average molecular weight is 334 g/mol. The number of ether oxygens (including phenoxy) is 2. The van der Waals surface area contributed by atoms with Gasteiger partial charge < -0.3 is 20.1 Å². The lowest BCUT2D eigenvalue weighted by atomic mass is 9.87. The van der Waals surface area contributed by atoms with Crippen molar-refractivity contribution < 1.29 is 19.1 Å². The lowest BCUT2D eigenvalue weighted by Gasteiger charge is -2.26. The number of nitrogens with one attached hydrogen (secondary N) is 2. The Morgan fingerprint density at radius 2 is 1.75 bits per heavy atom.